The molecule has 25 heavy (non-hydrogen) atoms. The topological polar surface area (TPSA) is 58.2 Å². The Balaban J connectivity index is 1.80. The van der Waals surface area contributed by atoms with Crippen molar-refractivity contribution in [2.24, 2.45) is 0 Å². The maximum absolute atomic E-state index is 12.8. The van der Waals surface area contributed by atoms with Gasteiger partial charge in [-0.05, 0) is 36.1 Å². The monoisotopic (exact) mass is 390 g/mol. The molecule has 0 radical (unpaired) electrons. The average Bonchev–Trinajstić information content (AvgIpc) is 3.06. The summed E-state index contributed by atoms with van der Waals surface area (Å²) >= 11 is 6.83. The summed E-state index contributed by atoms with van der Waals surface area (Å²) in [6.45, 7) is 0.290. The lowest BCUT2D eigenvalue weighted by Gasteiger charge is -2.12. The van der Waals surface area contributed by atoms with Crippen LogP contribution < -0.4 is 10.6 Å². The molecule has 1 heterocycles. The molecule has 2 N–H and O–H groups in total. The molecule has 2 aromatic rings. The van der Waals surface area contributed by atoms with E-state index in [4.69, 9.17) is 11.6 Å². The van der Waals surface area contributed by atoms with Crippen molar-refractivity contribution in [1.29, 1.82) is 0 Å². The van der Waals surface area contributed by atoms with Gasteiger partial charge in [-0.25, -0.2) is 0 Å². The van der Waals surface area contributed by atoms with Gasteiger partial charge in [0.05, 0.1) is 15.5 Å². The molecule has 0 aliphatic heterocycles. The van der Waals surface area contributed by atoms with E-state index >= 15 is 0 Å². The second kappa shape index (κ2) is 8.35. The molecule has 1 aromatic carbocycles. The van der Waals surface area contributed by atoms with Crippen LogP contribution in [0.25, 0.3) is 0 Å². The SMILES string of the molecule is O=C(CCCNC(=O)c1cccs1)Nc1ccc(Cl)c(C(F)(F)F)c1. The van der Waals surface area contributed by atoms with Crippen molar-refractivity contribution in [3.05, 3.63) is 51.2 Å². The van der Waals surface area contributed by atoms with E-state index in [1.807, 2.05) is 0 Å². The lowest BCUT2D eigenvalue weighted by molar-refractivity contribution is -0.137. The number of carbonyl (C=O) groups excluding carboxylic acids is 2. The zero-order valence-corrected chi connectivity index (χ0v) is 14.4. The number of hydrogen-bond acceptors (Lipinski definition) is 3. The molecule has 9 heteroatoms. The van der Waals surface area contributed by atoms with E-state index in [-0.39, 0.29) is 18.0 Å². The van der Waals surface area contributed by atoms with Gasteiger partial charge in [0.25, 0.3) is 5.91 Å². The molecular weight excluding hydrogens is 377 g/mol. The van der Waals surface area contributed by atoms with Crippen LogP contribution in [-0.2, 0) is 11.0 Å². The minimum Gasteiger partial charge on any atom is -0.351 e. The number of anilines is 1. The number of rotatable bonds is 6. The summed E-state index contributed by atoms with van der Waals surface area (Å²) in [7, 11) is 0. The van der Waals surface area contributed by atoms with Crippen molar-refractivity contribution in [2.75, 3.05) is 11.9 Å². The molecule has 0 aliphatic carbocycles. The molecule has 0 bridgehead atoms. The molecular formula is C16H14ClF3N2O2S. The first-order valence-electron chi connectivity index (χ1n) is 7.25. The van der Waals surface area contributed by atoms with E-state index in [0.29, 0.717) is 17.8 Å². The number of thiophene rings is 1. The van der Waals surface area contributed by atoms with Crippen molar-refractivity contribution in [2.45, 2.75) is 19.0 Å². The molecule has 0 fully saturated rings. The summed E-state index contributed by atoms with van der Waals surface area (Å²) in [5, 5.41) is 6.41. The first-order valence-corrected chi connectivity index (χ1v) is 8.51. The maximum Gasteiger partial charge on any atom is 0.417 e. The zero-order chi connectivity index (χ0) is 18.4. The highest BCUT2D eigenvalue weighted by molar-refractivity contribution is 7.12. The Bertz CT molecular complexity index is 748. The number of alkyl halides is 3. The minimum atomic E-state index is -4.59. The van der Waals surface area contributed by atoms with Crippen LogP contribution in [0.5, 0.6) is 0 Å². The Hall–Kier alpha value is -2.06. The van der Waals surface area contributed by atoms with E-state index < -0.39 is 22.7 Å². The van der Waals surface area contributed by atoms with Crippen molar-refractivity contribution >= 4 is 40.4 Å². The Kier molecular flexibility index (Phi) is 6.44. The minimum absolute atomic E-state index is 0.0179. The Morgan fingerprint density at radius 2 is 1.96 bits per heavy atom. The molecule has 0 unspecified atom stereocenters. The van der Waals surface area contributed by atoms with Gasteiger partial charge in [-0.15, -0.1) is 11.3 Å². The molecule has 134 valence electrons. The van der Waals surface area contributed by atoms with E-state index in [9.17, 15) is 22.8 Å². The van der Waals surface area contributed by atoms with Crippen molar-refractivity contribution in [3.63, 3.8) is 0 Å². The van der Waals surface area contributed by atoms with Gasteiger partial charge < -0.3 is 10.6 Å². The predicted molar refractivity (Wildman–Crippen MR) is 91.0 cm³/mol. The first kappa shape index (κ1) is 19.3. The van der Waals surface area contributed by atoms with Gasteiger partial charge in [0.2, 0.25) is 5.91 Å². The molecule has 0 atom stereocenters. The number of nitrogens with one attached hydrogen (secondary N) is 2. The highest BCUT2D eigenvalue weighted by atomic mass is 35.5. The number of amides is 2. The molecule has 2 rings (SSSR count). The van der Waals surface area contributed by atoms with Gasteiger partial charge >= 0.3 is 6.18 Å². The fraction of sp³-hybridized carbons (Fsp3) is 0.250. The van der Waals surface area contributed by atoms with Crippen LogP contribution in [-0.4, -0.2) is 18.4 Å². The largest absolute Gasteiger partial charge is 0.417 e. The third-order valence-electron chi connectivity index (χ3n) is 3.17. The fourth-order valence-electron chi connectivity index (χ4n) is 1.99. The van der Waals surface area contributed by atoms with Crippen LogP contribution in [0.2, 0.25) is 5.02 Å². The van der Waals surface area contributed by atoms with Gasteiger partial charge in [-0.2, -0.15) is 13.2 Å². The maximum atomic E-state index is 12.8. The second-order valence-corrected chi connectivity index (χ2v) is 6.43. The van der Waals surface area contributed by atoms with Crippen molar-refractivity contribution < 1.29 is 22.8 Å². The third-order valence-corrected chi connectivity index (χ3v) is 4.36. The van der Waals surface area contributed by atoms with E-state index in [1.54, 1.807) is 17.5 Å². The highest BCUT2D eigenvalue weighted by Gasteiger charge is 2.33. The molecule has 0 aliphatic rings. The lowest BCUT2D eigenvalue weighted by Crippen LogP contribution is -2.24. The summed E-state index contributed by atoms with van der Waals surface area (Å²) in [5.41, 5.74) is -0.987. The van der Waals surface area contributed by atoms with Gasteiger partial charge in [0.1, 0.15) is 0 Å². The Labute approximate surface area is 151 Å². The summed E-state index contributed by atoms with van der Waals surface area (Å²) in [4.78, 5) is 24.1. The number of halogens is 4. The first-order chi connectivity index (χ1) is 11.8. The fourth-order valence-corrected chi connectivity index (χ4v) is 2.85. The molecule has 1 aromatic heterocycles. The van der Waals surface area contributed by atoms with Crippen LogP contribution >= 0.6 is 22.9 Å². The summed E-state index contributed by atoms with van der Waals surface area (Å²) in [6, 6.07) is 6.62. The summed E-state index contributed by atoms with van der Waals surface area (Å²) in [6.07, 6.45) is -4.17. The van der Waals surface area contributed by atoms with Crippen LogP contribution in [0.15, 0.2) is 35.7 Å². The molecule has 0 saturated carbocycles. The van der Waals surface area contributed by atoms with Gasteiger partial charge in [0, 0.05) is 18.7 Å². The molecule has 4 nitrogen and oxygen atoms in total. The Morgan fingerprint density at radius 3 is 2.60 bits per heavy atom. The normalized spacial score (nSPS) is 11.2. The van der Waals surface area contributed by atoms with Crippen LogP contribution in [0, 0.1) is 0 Å². The quantitative estimate of drug-likeness (QED) is 0.710. The Morgan fingerprint density at radius 1 is 1.20 bits per heavy atom. The zero-order valence-electron chi connectivity index (χ0n) is 12.8. The predicted octanol–water partition coefficient (Wildman–Crippen LogP) is 4.57. The van der Waals surface area contributed by atoms with Crippen molar-refractivity contribution in [3.8, 4) is 0 Å². The van der Waals surface area contributed by atoms with Gasteiger partial charge in [0.15, 0.2) is 0 Å². The molecule has 0 saturated heterocycles. The summed E-state index contributed by atoms with van der Waals surface area (Å²) < 4.78 is 38.3. The summed E-state index contributed by atoms with van der Waals surface area (Å²) in [5.74, 6) is -0.663. The van der Waals surface area contributed by atoms with Crippen LogP contribution in [0.4, 0.5) is 18.9 Å². The van der Waals surface area contributed by atoms with Gasteiger partial charge in [-0.3, -0.25) is 9.59 Å². The van der Waals surface area contributed by atoms with Gasteiger partial charge in [-0.1, -0.05) is 17.7 Å². The highest BCUT2D eigenvalue weighted by Crippen LogP contribution is 2.36. The third kappa shape index (κ3) is 5.75. The molecule has 2 amide bonds. The number of hydrogen-bond donors (Lipinski definition) is 2. The van der Waals surface area contributed by atoms with Crippen molar-refractivity contribution in [1.82, 2.24) is 5.32 Å². The van der Waals surface area contributed by atoms with Crippen LogP contribution in [0.3, 0.4) is 0 Å². The second-order valence-electron chi connectivity index (χ2n) is 5.08. The van der Waals surface area contributed by atoms with E-state index in [0.717, 1.165) is 12.1 Å². The number of carbonyl (C=O) groups is 2. The number of benzene rings is 1. The average molecular weight is 391 g/mol. The standard InChI is InChI=1S/C16H14ClF3N2O2S/c17-12-6-5-10(9-11(12)16(18,19)20)22-14(23)4-1-7-21-15(24)13-3-2-8-25-13/h2-3,5-6,8-9H,1,4,7H2,(H,21,24)(H,22,23). The lowest BCUT2D eigenvalue weighted by atomic mass is 10.2. The molecule has 0 spiro atoms. The van der Waals surface area contributed by atoms with Crippen LogP contribution in [0.1, 0.15) is 28.1 Å². The smallest absolute Gasteiger partial charge is 0.351 e. The van der Waals surface area contributed by atoms with E-state index in [2.05, 4.69) is 10.6 Å². The van der Waals surface area contributed by atoms with E-state index in [1.165, 1.54) is 17.4 Å².